The molecule has 0 amide bonds. The molecule has 4 rings (SSSR count). The first-order chi connectivity index (χ1) is 18.3. The van der Waals surface area contributed by atoms with Crippen LogP contribution in [-0.2, 0) is 9.59 Å². The van der Waals surface area contributed by atoms with E-state index < -0.39 is 0 Å². The van der Waals surface area contributed by atoms with Crippen LogP contribution in [0.15, 0.2) is 22.0 Å². The van der Waals surface area contributed by atoms with Gasteiger partial charge in [0.1, 0.15) is 21.5 Å². The average Bonchev–Trinajstić information content (AvgIpc) is 3.51. The molecule has 4 heterocycles. The van der Waals surface area contributed by atoms with E-state index in [1.54, 1.807) is 0 Å². The van der Waals surface area contributed by atoms with Crippen molar-refractivity contribution in [2.24, 2.45) is 11.8 Å². The molecule has 4 nitrogen and oxygen atoms in total. The summed E-state index contributed by atoms with van der Waals surface area (Å²) in [5.74, 6) is 3.13. The maximum Gasteiger partial charge on any atom is 0.133 e. The molecular formula is C29H38N2O2S6. The van der Waals surface area contributed by atoms with E-state index in [4.69, 9.17) is 48.9 Å². The van der Waals surface area contributed by atoms with Crippen LogP contribution >= 0.6 is 72.4 Å². The number of rotatable bonds is 12. The fourth-order valence-corrected chi connectivity index (χ4v) is 10.8. The van der Waals surface area contributed by atoms with E-state index in [9.17, 15) is 9.59 Å². The third-order valence-electron chi connectivity index (χ3n) is 8.20. The van der Waals surface area contributed by atoms with Crippen LogP contribution in [0.3, 0.4) is 0 Å². The standard InChI is InChI=1S/C29H38N2O2S6/c1-28(2,30-24(34)16-22-20(26(30)36)10-14-38-22)12-8-18(32)6-5-7-19(33)9-13-29(3,4)31-25(35)17-23-21(27(31)37)11-15-39-23/h16-17,20-21H,5-15H2,1-4H3. The largest absolute Gasteiger partial charge is 0.321 e. The predicted molar refractivity (Wildman–Crippen MR) is 182 cm³/mol. The first-order valence-corrected chi connectivity index (χ1v) is 17.4. The minimum absolute atomic E-state index is 0.193. The fraction of sp³-hybridized carbons (Fsp3) is 0.655. The molecule has 0 radical (unpaired) electrons. The van der Waals surface area contributed by atoms with E-state index in [1.807, 2.05) is 23.5 Å². The van der Waals surface area contributed by atoms with Crippen LogP contribution in [0.5, 0.6) is 0 Å². The van der Waals surface area contributed by atoms with Gasteiger partial charge in [-0.3, -0.25) is 9.59 Å². The van der Waals surface area contributed by atoms with Crippen LogP contribution in [0.25, 0.3) is 0 Å². The van der Waals surface area contributed by atoms with Crippen LogP contribution in [0.1, 0.15) is 85.5 Å². The summed E-state index contributed by atoms with van der Waals surface area (Å²) in [6, 6.07) is 0. The van der Waals surface area contributed by atoms with Gasteiger partial charge in [-0.15, -0.1) is 23.5 Å². The number of carbonyl (C=O) groups is 2. The van der Waals surface area contributed by atoms with Crippen molar-refractivity contribution in [3.05, 3.63) is 22.0 Å². The van der Waals surface area contributed by atoms with E-state index in [1.165, 1.54) is 9.81 Å². The molecule has 2 atom stereocenters. The summed E-state index contributed by atoms with van der Waals surface area (Å²) in [4.78, 5) is 35.6. The molecular weight excluding hydrogens is 601 g/mol. The van der Waals surface area contributed by atoms with Crippen molar-refractivity contribution in [1.82, 2.24) is 9.80 Å². The molecule has 0 bridgehead atoms. The van der Waals surface area contributed by atoms with E-state index in [2.05, 4.69) is 49.6 Å². The minimum Gasteiger partial charge on any atom is -0.321 e. The molecule has 4 aliphatic heterocycles. The Bertz CT molecular complexity index is 1070. The van der Waals surface area contributed by atoms with Gasteiger partial charge < -0.3 is 9.80 Å². The highest BCUT2D eigenvalue weighted by Gasteiger charge is 2.42. The average molecular weight is 639 g/mol. The maximum atomic E-state index is 12.7. The molecule has 2 unspecified atom stereocenters. The van der Waals surface area contributed by atoms with Crippen LogP contribution < -0.4 is 0 Å². The SMILES string of the molecule is CC(C)(CCC(=O)CCCC(=O)CCC(C)(C)N1C(=S)C=C2SCCC2C1=S)N1C(=S)C=C2SCCC2C1=S. The highest BCUT2D eigenvalue weighted by molar-refractivity contribution is 8.03. The van der Waals surface area contributed by atoms with E-state index in [0.717, 1.165) is 44.3 Å². The van der Waals surface area contributed by atoms with Crippen molar-refractivity contribution in [2.45, 2.75) is 96.6 Å². The van der Waals surface area contributed by atoms with Gasteiger partial charge >= 0.3 is 0 Å². The Morgan fingerprint density at radius 2 is 1.13 bits per heavy atom. The Morgan fingerprint density at radius 1 is 0.744 bits per heavy atom. The first kappa shape index (κ1) is 31.4. The number of nitrogens with zero attached hydrogens (tertiary/aromatic N) is 2. The summed E-state index contributed by atoms with van der Waals surface area (Å²) >= 11 is 26.7. The Labute approximate surface area is 263 Å². The van der Waals surface area contributed by atoms with Crippen LogP contribution in [0.4, 0.5) is 0 Å². The molecule has 0 aromatic carbocycles. The van der Waals surface area contributed by atoms with Crippen LogP contribution in [-0.4, -0.2) is 63.9 Å². The quantitative estimate of drug-likeness (QED) is 0.199. The zero-order valence-electron chi connectivity index (χ0n) is 23.2. The molecule has 0 N–H and O–H groups in total. The lowest BCUT2D eigenvalue weighted by Crippen LogP contribution is -2.53. The first-order valence-electron chi connectivity index (χ1n) is 13.8. The molecule has 0 aromatic heterocycles. The van der Waals surface area contributed by atoms with E-state index in [0.29, 0.717) is 56.8 Å². The second kappa shape index (κ2) is 12.8. The molecule has 0 aromatic rings. The molecule has 2 saturated heterocycles. The normalized spacial score (nSPS) is 23.6. The van der Waals surface area contributed by atoms with Gasteiger partial charge in [-0.2, -0.15) is 0 Å². The number of fused-ring (bicyclic) bond motifs is 2. The number of thioether (sulfide) groups is 2. The van der Waals surface area contributed by atoms with Gasteiger partial charge in [0.2, 0.25) is 0 Å². The monoisotopic (exact) mass is 638 g/mol. The van der Waals surface area contributed by atoms with Crippen molar-refractivity contribution >= 4 is 104 Å². The van der Waals surface area contributed by atoms with Gasteiger partial charge in [-0.25, -0.2) is 0 Å². The number of ketones is 2. The second-order valence-electron chi connectivity index (χ2n) is 12.1. The molecule has 0 aliphatic carbocycles. The Kier molecular flexibility index (Phi) is 10.3. The number of thiocarbonyl (C=S) groups is 4. The lowest BCUT2D eigenvalue weighted by Gasteiger charge is -2.44. The van der Waals surface area contributed by atoms with Crippen molar-refractivity contribution < 1.29 is 9.59 Å². The number of Topliss-reactive ketones (excluding diaryl/α,β-unsaturated/α-hetero) is 2. The lowest BCUT2D eigenvalue weighted by atomic mass is 9.89. The summed E-state index contributed by atoms with van der Waals surface area (Å²) in [6.45, 7) is 8.47. The summed E-state index contributed by atoms with van der Waals surface area (Å²) < 4.78 is 0. The van der Waals surface area contributed by atoms with Crippen molar-refractivity contribution in [1.29, 1.82) is 0 Å². The molecule has 39 heavy (non-hydrogen) atoms. The van der Waals surface area contributed by atoms with Gasteiger partial charge in [0, 0.05) is 48.6 Å². The van der Waals surface area contributed by atoms with E-state index in [-0.39, 0.29) is 22.6 Å². The highest BCUT2D eigenvalue weighted by Crippen LogP contribution is 2.44. The maximum absolute atomic E-state index is 12.7. The molecule has 10 heteroatoms. The molecule has 0 spiro atoms. The van der Waals surface area contributed by atoms with E-state index >= 15 is 0 Å². The van der Waals surface area contributed by atoms with Gasteiger partial charge in [-0.1, -0.05) is 48.9 Å². The van der Waals surface area contributed by atoms with Gasteiger partial charge in [-0.05, 0) is 93.3 Å². The zero-order valence-corrected chi connectivity index (χ0v) is 28.1. The van der Waals surface area contributed by atoms with Crippen molar-refractivity contribution in [2.75, 3.05) is 11.5 Å². The number of hydrogen-bond donors (Lipinski definition) is 0. The third-order valence-corrected chi connectivity index (χ3v) is 12.1. The van der Waals surface area contributed by atoms with Gasteiger partial charge in [0.05, 0.1) is 9.98 Å². The Hall–Kier alpha value is -0.520. The molecule has 212 valence electrons. The zero-order chi connectivity index (χ0) is 28.5. The van der Waals surface area contributed by atoms with Crippen LogP contribution in [0, 0.1) is 11.8 Å². The lowest BCUT2D eigenvalue weighted by molar-refractivity contribution is -0.120. The minimum atomic E-state index is -0.316. The Morgan fingerprint density at radius 3 is 1.51 bits per heavy atom. The highest BCUT2D eigenvalue weighted by atomic mass is 32.2. The van der Waals surface area contributed by atoms with Gasteiger partial charge in [0.25, 0.3) is 0 Å². The van der Waals surface area contributed by atoms with Crippen molar-refractivity contribution in [3.63, 3.8) is 0 Å². The predicted octanol–water partition coefficient (Wildman–Crippen LogP) is 7.63. The smallest absolute Gasteiger partial charge is 0.133 e. The second-order valence-corrected chi connectivity index (χ2v) is 16.1. The molecule has 4 aliphatic rings. The van der Waals surface area contributed by atoms with Crippen molar-refractivity contribution in [3.8, 4) is 0 Å². The van der Waals surface area contributed by atoms with Crippen LogP contribution in [0.2, 0.25) is 0 Å². The Balaban J connectivity index is 1.19. The number of hydrogen-bond acceptors (Lipinski definition) is 8. The summed E-state index contributed by atoms with van der Waals surface area (Å²) in [5, 5.41) is 0. The topological polar surface area (TPSA) is 40.6 Å². The fourth-order valence-electron chi connectivity index (χ4n) is 5.79. The summed E-state index contributed by atoms with van der Waals surface area (Å²) in [6.07, 6.45) is 10.0. The number of carbonyl (C=O) groups excluding carboxylic acids is 2. The third kappa shape index (κ3) is 7.11. The molecule has 0 saturated carbocycles. The summed E-state index contributed by atoms with van der Waals surface area (Å²) in [5.41, 5.74) is -0.632. The van der Waals surface area contributed by atoms with Gasteiger partial charge in [0.15, 0.2) is 0 Å². The molecule has 2 fully saturated rings. The summed E-state index contributed by atoms with van der Waals surface area (Å²) in [7, 11) is 0.